The summed E-state index contributed by atoms with van der Waals surface area (Å²) in [5.41, 5.74) is 6.11. The minimum atomic E-state index is -0.568. The van der Waals surface area contributed by atoms with Gasteiger partial charge in [0, 0.05) is 11.6 Å². The zero-order chi connectivity index (χ0) is 26.4. The van der Waals surface area contributed by atoms with Gasteiger partial charge < -0.3 is 0 Å². The maximum Gasteiger partial charge on any atom is 0.282 e. The van der Waals surface area contributed by atoms with E-state index in [2.05, 4.69) is 0 Å². The third kappa shape index (κ3) is 3.79. The summed E-state index contributed by atoms with van der Waals surface area (Å²) in [6.45, 7) is 4.03. The highest BCUT2D eigenvalue weighted by atomic mass is 16.6. The molecule has 2 heterocycles. The number of aromatic nitrogens is 4. The van der Waals surface area contributed by atoms with Crippen LogP contribution in [0.3, 0.4) is 0 Å². The lowest BCUT2D eigenvalue weighted by Gasteiger charge is -2.13. The van der Waals surface area contributed by atoms with Crippen molar-refractivity contribution in [3.8, 4) is 22.8 Å². The molecule has 0 bridgehead atoms. The van der Waals surface area contributed by atoms with Gasteiger partial charge in [0.1, 0.15) is 17.0 Å². The van der Waals surface area contributed by atoms with Crippen molar-refractivity contribution in [2.24, 2.45) is 0 Å². The molecule has 2 aromatic heterocycles. The number of hydrogen-bond acceptors (Lipinski definition) is 6. The first-order valence-corrected chi connectivity index (χ1v) is 12.0. The zero-order valence-electron chi connectivity index (χ0n) is 20.6. The normalized spacial score (nSPS) is 11.2. The molecule has 4 aromatic carbocycles. The molecule has 0 unspecified atom stereocenters. The molecule has 38 heavy (non-hydrogen) atoms. The Morgan fingerprint density at radius 2 is 1.34 bits per heavy atom. The Labute approximate surface area is 217 Å². The summed E-state index contributed by atoms with van der Waals surface area (Å²) in [4.78, 5) is 40.0. The molecule has 0 aliphatic heterocycles. The lowest BCUT2D eigenvalue weighted by molar-refractivity contribution is -0.385. The van der Waals surface area contributed by atoms with E-state index < -0.39 is 10.8 Å². The van der Waals surface area contributed by atoms with E-state index in [0.717, 1.165) is 22.2 Å². The van der Waals surface area contributed by atoms with Crippen molar-refractivity contribution in [1.29, 1.82) is 0 Å². The van der Waals surface area contributed by atoms with Crippen LogP contribution in [0.5, 0.6) is 0 Å². The molecule has 0 aliphatic carbocycles. The van der Waals surface area contributed by atoms with E-state index in [4.69, 9.17) is 15.0 Å². The molecule has 0 saturated heterocycles. The van der Waals surface area contributed by atoms with Crippen LogP contribution in [0, 0.1) is 24.0 Å². The van der Waals surface area contributed by atoms with E-state index in [1.807, 2.05) is 62.4 Å². The van der Waals surface area contributed by atoms with E-state index in [0.29, 0.717) is 27.9 Å². The quantitative estimate of drug-likeness (QED) is 0.202. The highest BCUT2D eigenvalue weighted by Crippen LogP contribution is 2.34. The maximum absolute atomic E-state index is 14.0. The smallest absolute Gasteiger partial charge is 0.268 e. The Bertz CT molecular complexity index is 1890. The lowest BCUT2D eigenvalue weighted by Crippen LogP contribution is -2.16. The van der Waals surface area contributed by atoms with Gasteiger partial charge in [0.2, 0.25) is 0 Å². The number of carbonyl (C=O) groups is 1. The molecule has 0 amide bonds. The summed E-state index contributed by atoms with van der Waals surface area (Å²) in [5.74, 6) is -0.303. The summed E-state index contributed by atoms with van der Waals surface area (Å²) in [6, 6.07) is 26.7. The Morgan fingerprint density at radius 3 is 2.05 bits per heavy atom. The SMILES string of the molecule is Cc1cc2nc(-c3ccccc3)c(-c3nc4ccccc4n3C(=O)c3ccccc3[N+](=O)[O-])nc2cc1C. The molecule has 0 atom stereocenters. The Balaban J connectivity index is 1.70. The van der Waals surface area contributed by atoms with Crippen LogP contribution >= 0.6 is 0 Å². The number of hydrogen-bond donors (Lipinski definition) is 0. The molecule has 6 aromatic rings. The van der Waals surface area contributed by atoms with E-state index in [-0.39, 0.29) is 17.1 Å². The summed E-state index contributed by atoms with van der Waals surface area (Å²) < 4.78 is 1.40. The average molecular weight is 500 g/mol. The molecule has 0 aliphatic rings. The van der Waals surface area contributed by atoms with Crippen molar-refractivity contribution < 1.29 is 9.72 Å². The summed E-state index contributed by atoms with van der Waals surface area (Å²) in [6.07, 6.45) is 0. The highest BCUT2D eigenvalue weighted by molar-refractivity contribution is 6.07. The van der Waals surface area contributed by atoms with Gasteiger partial charge in [-0.2, -0.15) is 0 Å². The van der Waals surface area contributed by atoms with Gasteiger partial charge in [-0.15, -0.1) is 0 Å². The van der Waals surface area contributed by atoms with Gasteiger partial charge in [-0.1, -0.05) is 54.6 Å². The number of aryl methyl sites for hydroxylation is 2. The van der Waals surface area contributed by atoms with Crippen LogP contribution in [0.2, 0.25) is 0 Å². The molecule has 184 valence electrons. The van der Waals surface area contributed by atoms with E-state index in [9.17, 15) is 14.9 Å². The molecule has 0 radical (unpaired) electrons. The number of nitro groups is 1. The molecule has 8 nitrogen and oxygen atoms in total. The Morgan fingerprint density at radius 1 is 0.737 bits per heavy atom. The number of nitro benzene ring substituents is 1. The summed E-state index contributed by atoms with van der Waals surface area (Å²) in [7, 11) is 0. The number of rotatable bonds is 4. The second-order valence-electron chi connectivity index (χ2n) is 9.05. The molecule has 0 fully saturated rings. The van der Waals surface area contributed by atoms with Gasteiger partial charge in [0.05, 0.1) is 27.0 Å². The lowest BCUT2D eigenvalue weighted by atomic mass is 10.1. The van der Waals surface area contributed by atoms with Crippen LogP contribution in [-0.4, -0.2) is 30.3 Å². The maximum atomic E-state index is 14.0. The number of para-hydroxylation sites is 3. The number of fused-ring (bicyclic) bond motifs is 2. The standard InChI is InChI=1S/C30H21N5O3/c1-18-16-23-24(17-19(18)2)32-28(27(31-23)20-10-4-3-5-11-20)29-33-22-13-7-9-15-26(22)34(29)30(36)21-12-6-8-14-25(21)35(37)38/h3-17H,1-2H3. The highest BCUT2D eigenvalue weighted by Gasteiger charge is 2.28. The number of benzene rings is 4. The second-order valence-corrected chi connectivity index (χ2v) is 9.05. The first-order valence-electron chi connectivity index (χ1n) is 12.0. The Kier molecular flexibility index (Phi) is 5.49. The molecule has 6 rings (SSSR count). The Hall–Kier alpha value is -5.24. The summed E-state index contributed by atoms with van der Waals surface area (Å²) in [5, 5.41) is 11.8. The molecule has 0 saturated carbocycles. The van der Waals surface area contributed by atoms with Crippen LogP contribution in [0.4, 0.5) is 5.69 Å². The van der Waals surface area contributed by atoms with Crippen molar-refractivity contribution in [3.63, 3.8) is 0 Å². The van der Waals surface area contributed by atoms with Gasteiger partial charge in [-0.25, -0.2) is 15.0 Å². The monoisotopic (exact) mass is 499 g/mol. The summed E-state index contributed by atoms with van der Waals surface area (Å²) >= 11 is 0. The minimum Gasteiger partial charge on any atom is -0.268 e. The third-order valence-corrected chi connectivity index (χ3v) is 6.63. The molecular weight excluding hydrogens is 478 g/mol. The molecule has 8 heteroatoms. The minimum absolute atomic E-state index is 0.0385. The van der Waals surface area contributed by atoms with Crippen LogP contribution in [0.25, 0.3) is 44.8 Å². The largest absolute Gasteiger partial charge is 0.282 e. The zero-order valence-corrected chi connectivity index (χ0v) is 20.6. The first kappa shape index (κ1) is 23.2. The van der Waals surface area contributed by atoms with Crippen molar-refractivity contribution in [2.75, 3.05) is 0 Å². The van der Waals surface area contributed by atoms with Crippen molar-refractivity contribution >= 4 is 33.7 Å². The fourth-order valence-electron chi connectivity index (χ4n) is 4.59. The van der Waals surface area contributed by atoms with Gasteiger partial charge in [-0.05, 0) is 55.3 Å². The van der Waals surface area contributed by atoms with Crippen LogP contribution < -0.4 is 0 Å². The van der Waals surface area contributed by atoms with Gasteiger partial charge in [0.25, 0.3) is 11.6 Å². The topological polar surface area (TPSA) is 104 Å². The number of nitrogens with zero attached hydrogens (tertiary/aromatic N) is 5. The van der Waals surface area contributed by atoms with Gasteiger partial charge in [0.15, 0.2) is 5.82 Å². The first-order chi connectivity index (χ1) is 18.4. The van der Waals surface area contributed by atoms with E-state index in [1.165, 1.54) is 22.8 Å². The number of imidazole rings is 1. The second kappa shape index (κ2) is 9.01. The fraction of sp³-hybridized carbons (Fsp3) is 0.0667. The van der Waals surface area contributed by atoms with Crippen LogP contribution in [0.15, 0.2) is 91.0 Å². The predicted octanol–water partition coefficient (Wildman–Crippen LogP) is 6.53. The molecule has 0 N–H and O–H groups in total. The van der Waals surface area contributed by atoms with Crippen LogP contribution in [0.1, 0.15) is 21.5 Å². The predicted molar refractivity (Wildman–Crippen MR) is 146 cm³/mol. The molecular formula is C30H21N5O3. The van der Waals surface area contributed by atoms with Crippen molar-refractivity contribution in [3.05, 3.63) is 118 Å². The third-order valence-electron chi connectivity index (χ3n) is 6.63. The molecule has 0 spiro atoms. The van der Waals surface area contributed by atoms with E-state index >= 15 is 0 Å². The van der Waals surface area contributed by atoms with Crippen LogP contribution in [-0.2, 0) is 0 Å². The number of carbonyl (C=O) groups excluding carboxylic acids is 1. The van der Waals surface area contributed by atoms with Gasteiger partial charge in [-0.3, -0.25) is 19.5 Å². The average Bonchev–Trinajstić information content (AvgIpc) is 3.32. The van der Waals surface area contributed by atoms with Crippen molar-refractivity contribution in [2.45, 2.75) is 13.8 Å². The fourth-order valence-corrected chi connectivity index (χ4v) is 4.59. The van der Waals surface area contributed by atoms with Gasteiger partial charge >= 0.3 is 0 Å². The van der Waals surface area contributed by atoms with E-state index in [1.54, 1.807) is 24.3 Å². The van der Waals surface area contributed by atoms with Crippen molar-refractivity contribution in [1.82, 2.24) is 19.5 Å².